The number of fused-ring (bicyclic) bond motifs is 2. The van der Waals surface area contributed by atoms with Crippen LogP contribution in [0, 0.1) is 6.92 Å². The summed E-state index contributed by atoms with van der Waals surface area (Å²) in [5.41, 5.74) is 4.23. The molecule has 0 radical (unpaired) electrons. The highest BCUT2D eigenvalue weighted by Gasteiger charge is 2.15. The first-order valence-electron chi connectivity index (χ1n) is 8.15. The van der Waals surface area contributed by atoms with Crippen molar-refractivity contribution in [2.24, 2.45) is 0 Å². The van der Waals surface area contributed by atoms with E-state index >= 15 is 0 Å². The maximum Gasteiger partial charge on any atom is 0.189 e. The number of nitrogens with zero attached hydrogens (tertiary/aromatic N) is 4. The fraction of sp³-hybridized carbons (Fsp3) is 0.0500. The predicted molar refractivity (Wildman–Crippen MR) is 98.7 cm³/mol. The van der Waals surface area contributed by atoms with Crippen LogP contribution in [0.4, 0.5) is 0 Å². The zero-order valence-electron chi connectivity index (χ0n) is 13.6. The van der Waals surface area contributed by atoms with Crippen LogP contribution in [-0.4, -0.2) is 25.2 Å². The van der Waals surface area contributed by atoms with Gasteiger partial charge in [0.1, 0.15) is 0 Å². The van der Waals surface area contributed by atoms with E-state index in [2.05, 4.69) is 69.9 Å². The zero-order chi connectivity index (χ0) is 16.8. The normalized spacial score (nSPS) is 11.4. The molecular weight excluding hydrogens is 310 g/mol. The highest BCUT2D eigenvalue weighted by atomic mass is 15.5. The molecule has 0 aliphatic rings. The van der Waals surface area contributed by atoms with E-state index in [-0.39, 0.29) is 0 Å². The Hall–Kier alpha value is -3.47. The van der Waals surface area contributed by atoms with Crippen molar-refractivity contribution in [1.82, 2.24) is 25.2 Å². The number of aromatic nitrogens is 5. The Morgan fingerprint density at radius 1 is 0.920 bits per heavy atom. The SMILES string of the molecule is Cc1ccc2[nH]cc(-c3nnnn3-c3ccc4ccccc4c3)c2c1. The predicted octanol–water partition coefficient (Wildman–Crippen LogP) is 4.27. The number of benzene rings is 3. The molecule has 0 saturated heterocycles. The summed E-state index contributed by atoms with van der Waals surface area (Å²) < 4.78 is 1.79. The van der Waals surface area contributed by atoms with Crippen LogP contribution in [0.3, 0.4) is 0 Å². The molecule has 25 heavy (non-hydrogen) atoms. The molecule has 0 spiro atoms. The van der Waals surface area contributed by atoms with Gasteiger partial charge in [0.2, 0.25) is 0 Å². The van der Waals surface area contributed by atoms with E-state index in [1.807, 2.05) is 24.4 Å². The average Bonchev–Trinajstić information content (AvgIpc) is 3.27. The highest BCUT2D eigenvalue weighted by Crippen LogP contribution is 2.29. The summed E-state index contributed by atoms with van der Waals surface area (Å²) in [5.74, 6) is 0.729. The maximum atomic E-state index is 4.28. The zero-order valence-corrected chi connectivity index (χ0v) is 13.6. The molecule has 0 amide bonds. The van der Waals surface area contributed by atoms with E-state index in [4.69, 9.17) is 0 Å². The summed E-state index contributed by atoms with van der Waals surface area (Å²) in [7, 11) is 0. The molecule has 5 nitrogen and oxygen atoms in total. The summed E-state index contributed by atoms with van der Waals surface area (Å²) in [6.07, 6.45) is 1.97. The van der Waals surface area contributed by atoms with Gasteiger partial charge in [0.05, 0.1) is 5.69 Å². The van der Waals surface area contributed by atoms with Gasteiger partial charge in [0.15, 0.2) is 5.82 Å². The number of aromatic amines is 1. The first-order valence-corrected chi connectivity index (χ1v) is 8.15. The molecule has 0 atom stereocenters. The first-order chi connectivity index (χ1) is 12.3. The molecule has 0 fully saturated rings. The van der Waals surface area contributed by atoms with Crippen molar-refractivity contribution in [3.05, 3.63) is 72.4 Å². The van der Waals surface area contributed by atoms with Gasteiger partial charge in [-0.05, 0) is 52.4 Å². The van der Waals surface area contributed by atoms with Crippen molar-refractivity contribution in [2.45, 2.75) is 6.92 Å². The molecule has 2 aromatic heterocycles. The lowest BCUT2D eigenvalue weighted by atomic mass is 10.1. The molecule has 0 aliphatic carbocycles. The van der Waals surface area contributed by atoms with Crippen molar-refractivity contribution in [3.63, 3.8) is 0 Å². The second-order valence-electron chi connectivity index (χ2n) is 6.20. The summed E-state index contributed by atoms with van der Waals surface area (Å²) in [6.45, 7) is 2.09. The van der Waals surface area contributed by atoms with Crippen molar-refractivity contribution in [2.75, 3.05) is 0 Å². The van der Waals surface area contributed by atoms with Crippen LogP contribution in [0.15, 0.2) is 66.9 Å². The number of nitrogens with one attached hydrogen (secondary N) is 1. The van der Waals surface area contributed by atoms with Crippen LogP contribution in [0.25, 0.3) is 38.8 Å². The Labute approximate surface area is 143 Å². The Balaban J connectivity index is 1.71. The molecule has 0 unspecified atom stereocenters. The van der Waals surface area contributed by atoms with Gasteiger partial charge in [-0.15, -0.1) is 5.10 Å². The van der Waals surface area contributed by atoms with Crippen LogP contribution < -0.4 is 0 Å². The largest absolute Gasteiger partial charge is 0.360 e. The number of H-pyrrole nitrogens is 1. The highest BCUT2D eigenvalue weighted by molar-refractivity contribution is 5.94. The van der Waals surface area contributed by atoms with Crippen molar-refractivity contribution in [3.8, 4) is 17.1 Å². The lowest BCUT2D eigenvalue weighted by molar-refractivity contribution is 0.792. The summed E-state index contributed by atoms with van der Waals surface area (Å²) >= 11 is 0. The second kappa shape index (κ2) is 5.27. The standard InChI is InChI=1S/C20H15N5/c1-13-6-9-19-17(10-13)18(12-21-19)20-22-23-24-25(20)16-8-7-14-4-2-3-5-15(14)11-16/h2-12,21H,1H3. The van der Waals surface area contributed by atoms with E-state index in [0.717, 1.165) is 33.4 Å². The molecule has 0 saturated carbocycles. The van der Waals surface area contributed by atoms with Crippen LogP contribution in [0.2, 0.25) is 0 Å². The molecule has 2 heterocycles. The van der Waals surface area contributed by atoms with Gasteiger partial charge in [-0.25, -0.2) is 0 Å². The molecule has 5 aromatic rings. The third kappa shape index (κ3) is 2.21. The minimum atomic E-state index is 0.729. The summed E-state index contributed by atoms with van der Waals surface area (Å²) in [6, 6.07) is 20.8. The van der Waals surface area contributed by atoms with Gasteiger partial charge < -0.3 is 4.98 Å². The molecule has 0 aliphatic heterocycles. The van der Waals surface area contributed by atoms with Gasteiger partial charge >= 0.3 is 0 Å². The van der Waals surface area contributed by atoms with Crippen LogP contribution in [-0.2, 0) is 0 Å². The lowest BCUT2D eigenvalue weighted by Gasteiger charge is -2.06. The Morgan fingerprint density at radius 3 is 2.72 bits per heavy atom. The smallest absolute Gasteiger partial charge is 0.189 e. The van der Waals surface area contributed by atoms with Crippen molar-refractivity contribution >= 4 is 21.7 Å². The number of hydrogen-bond donors (Lipinski definition) is 1. The number of rotatable bonds is 2. The lowest BCUT2D eigenvalue weighted by Crippen LogP contribution is -1.99. The van der Waals surface area contributed by atoms with E-state index in [0.29, 0.717) is 0 Å². The average molecular weight is 325 g/mol. The van der Waals surface area contributed by atoms with Gasteiger partial charge in [-0.1, -0.05) is 42.0 Å². The van der Waals surface area contributed by atoms with E-state index in [9.17, 15) is 0 Å². The first kappa shape index (κ1) is 13.9. The van der Waals surface area contributed by atoms with Crippen molar-refractivity contribution < 1.29 is 0 Å². The molecule has 5 heteroatoms. The Morgan fingerprint density at radius 2 is 1.80 bits per heavy atom. The summed E-state index contributed by atoms with van der Waals surface area (Å²) in [4.78, 5) is 3.30. The van der Waals surface area contributed by atoms with Gasteiger partial charge in [-0.3, -0.25) is 0 Å². The molecule has 5 rings (SSSR count). The fourth-order valence-corrected chi connectivity index (χ4v) is 3.26. The molecule has 0 bridgehead atoms. The third-order valence-corrected chi connectivity index (χ3v) is 4.53. The topological polar surface area (TPSA) is 59.4 Å². The Bertz CT molecular complexity index is 1220. The Kier molecular flexibility index (Phi) is 2.94. The third-order valence-electron chi connectivity index (χ3n) is 4.53. The van der Waals surface area contributed by atoms with Crippen LogP contribution in [0.1, 0.15) is 5.56 Å². The van der Waals surface area contributed by atoms with E-state index < -0.39 is 0 Å². The monoisotopic (exact) mass is 325 g/mol. The maximum absolute atomic E-state index is 4.28. The minimum Gasteiger partial charge on any atom is -0.360 e. The molecule has 1 N–H and O–H groups in total. The minimum absolute atomic E-state index is 0.729. The fourth-order valence-electron chi connectivity index (χ4n) is 3.26. The van der Waals surface area contributed by atoms with E-state index in [1.54, 1.807) is 4.68 Å². The molecule has 3 aromatic carbocycles. The molecule has 120 valence electrons. The van der Waals surface area contributed by atoms with Gasteiger partial charge in [0, 0.05) is 22.7 Å². The van der Waals surface area contributed by atoms with Gasteiger partial charge in [-0.2, -0.15) is 4.68 Å². The quantitative estimate of drug-likeness (QED) is 0.527. The second-order valence-corrected chi connectivity index (χ2v) is 6.20. The van der Waals surface area contributed by atoms with E-state index in [1.165, 1.54) is 10.9 Å². The number of hydrogen-bond acceptors (Lipinski definition) is 3. The van der Waals surface area contributed by atoms with Gasteiger partial charge in [0.25, 0.3) is 0 Å². The van der Waals surface area contributed by atoms with Crippen molar-refractivity contribution in [1.29, 1.82) is 0 Å². The number of aryl methyl sites for hydroxylation is 1. The van der Waals surface area contributed by atoms with Crippen LogP contribution >= 0.6 is 0 Å². The van der Waals surface area contributed by atoms with Crippen LogP contribution in [0.5, 0.6) is 0 Å². The number of tetrazole rings is 1. The summed E-state index contributed by atoms with van der Waals surface area (Å²) in [5, 5.41) is 15.9. The molecular formula is C20H15N5.